The summed E-state index contributed by atoms with van der Waals surface area (Å²) in [6.07, 6.45) is 1.26. The van der Waals surface area contributed by atoms with Crippen molar-refractivity contribution in [3.63, 3.8) is 0 Å². The van der Waals surface area contributed by atoms with Crippen molar-refractivity contribution in [1.82, 2.24) is 5.32 Å². The average molecular weight is 311 g/mol. The monoisotopic (exact) mass is 311 g/mol. The minimum absolute atomic E-state index is 0.155. The lowest BCUT2D eigenvalue weighted by Gasteiger charge is -2.07. The van der Waals surface area contributed by atoms with Crippen molar-refractivity contribution in [2.45, 2.75) is 12.8 Å². The van der Waals surface area contributed by atoms with E-state index in [2.05, 4.69) is 5.32 Å². The fourth-order valence-electron chi connectivity index (χ4n) is 1.97. The van der Waals surface area contributed by atoms with E-state index in [0.717, 1.165) is 0 Å². The molecule has 2 aromatic rings. The molecule has 5 nitrogen and oxygen atoms in total. The molecule has 23 heavy (non-hydrogen) atoms. The van der Waals surface area contributed by atoms with Gasteiger partial charge in [-0.1, -0.05) is 30.3 Å². The Morgan fingerprint density at radius 2 is 1.70 bits per heavy atom. The molecule has 0 bridgehead atoms. The molecular weight excluding hydrogens is 294 g/mol. The van der Waals surface area contributed by atoms with Gasteiger partial charge in [0.25, 0.3) is 5.91 Å². The first kappa shape index (κ1) is 16.4. The van der Waals surface area contributed by atoms with E-state index in [1.165, 1.54) is 0 Å². The molecule has 0 saturated carbocycles. The first-order valence-corrected chi connectivity index (χ1v) is 7.29. The van der Waals surface area contributed by atoms with Crippen molar-refractivity contribution >= 4 is 18.2 Å². The standard InChI is InChI=1S/C18H17NO4/c20-13-15-9-4-5-10-16(15)23-17(21)11-6-12-19-18(22)14-7-2-1-3-8-14/h1-5,7-10,13H,6,11-12H2,(H,19,22). The van der Waals surface area contributed by atoms with Gasteiger partial charge in [0.05, 0.1) is 5.56 Å². The molecule has 0 fully saturated rings. The summed E-state index contributed by atoms with van der Waals surface area (Å²) < 4.78 is 5.15. The quantitative estimate of drug-likeness (QED) is 0.369. The van der Waals surface area contributed by atoms with Gasteiger partial charge in [0.15, 0.2) is 6.29 Å². The number of hydrogen-bond acceptors (Lipinski definition) is 4. The third-order valence-corrected chi connectivity index (χ3v) is 3.15. The molecule has 0 unspecified atom stereocenters. The van der Waals surface area contributed by atoms with Gasteiger partial charge in [-0.05, 0) is 30.7 Å². The summed E-state index contributed by atoms with van der Waals surface area (Å²) in [7, 11) is 0. The Morgan fingerprint density at radius 3 is 2.43 bits per heavy atom. The van der Waals surface area contributed by atoms with Crippen LogP contribution in [0.3, 0.4) is 0 Å². The highest BCUT2D eigenvalue weighted by Gasteiger charge is 2.09. The van der Waals surface area contributed by atoms with Crippen LogP contribution in [0.25, 0.3) is 0 Å². The topological polar surface area (TPSA) is 72.5 Å². The van der Waals surface area contributed by atoms with Crippen molar-refractivity contribution in [2.24, 2.45) is 0 Å². The molecule has 0 aliphatic carbocycles. The van der Waals surface area contributed by atoms with Gasteiger partial charge in [-0.3, -0.25) is 14.4 Å². The lowest BCUT2D eigenvalue weighted by Crippen LogP contribution is -2.25. The number of hydrogen-bond donors (Lipinski definition) is 1. The Bertz CT molecular complexity index is 682. The van der Waals surface area contributed by atoms with E-state index in [-0.39, 0.29) is 18.1 Å². The maximum absolute atomic E-state index is 11.8. The first-order valence-electron chi connectivity index (χ1n) is 7.29. The third-order valence-electron chi connectivity index (χ3n) is 3.15. The van der Waals surface area contributed by atoms with Crippen LogP contribution in [-0.2, 0) is 4.79 Å². The molecule has 118 valence electrons. The maximum atomic E-state index is 11.8. The van der Waals surface area contributed by atoms with E-state index in [9.17, 15) is 14.4 Å². The SMILES string of the molecule is O=Cc1ccccc1OC(=O)CCCNC(=O)c1ccccc1. The fraction of sp³-hybridized carbons (Fsp3) is 0.167. The highest BCUT2D eigenvalue weighted by atomic mass is 16.5. The normalized spacial score (nSPS) is 9.91. The number of amides is 1. The summed E-state index contributed by atoms with van der Waals surface area (Å²) in [5.41, 5.74) is 0.910. The highest BCUT2D eigenvalue weighted by molar-refractivity contribution is 5.94. The van der Waals surface area contributed by atoms with Crippen molar-refractivity contribution in [3.05, 3.63) is 65.7 Å². The van der Waals surface area contributed by atoms with Crippen LogP contribution in [0, 0.1) is 0 Å². The molecule has 1 amide bonds. The molecular formula is C18H17NO4. The van der Waals surface area contributed by atoms with Crippen molar-refractivity contribution < 1.29 is 19.1 Å². The van der Waals surface area contributed by atoms with Crippen molar-refractivity contribution in [3.8, 4) is 5.75 Å². The van der Waals surface area contributed by atoms with Gasteiger partial charge in [-0.15, -0.1) is 0 Å². The van der Waals surface area contributed by atoms with Gasteiger partial charge in [0.1, 0.15) is 5.75 Å². The van der Waals surface area contributed by atoms with Crippen LogP contribution in [0.1, 0.15) is 33.6 Å². The highest BCUT2D eigenvalue weighted by Crippen LogP contribution is 2.16. The lowest BCUT2D eigenvalue weighted by atomic mass is 10.2. The number of para-hydroxylation sites is 1. The second kappa shape index (κ2) is 8.48. The Labute approximate surface area is 134 Å². The zero-order valence-corrected chi connectivity index (χ0v) is 12.5. The summed E-state index contributed by atoms with van der Waals surface area (Å²) in [5.74, 6) is -0.362. The summed E-state index contributed by atoms with van der Waals surface area (Å²) in [4.78, 5) is 34.4. The number of benzene rings is 2. The molecule has 0 aliphatic heterocycles. The van der Waals surface area contributed by atoms with Crippen LogP contribution in [0.2, 0.25) is 0 Å². The van der Waals surface area contributed by atoms with E-state index in [1.54, 1.807) is 48.5 Å². The third kappa shape index (κ3) is 5.07. The Balaban J connectivity index is 1.73. The molecule has 5 heteroatoms. The Hall–Kier alpha value is -2.95. The number of nitrogens with one attached hydrogen (secondary N) is 1. The lowest BCUT2D eigenvalue weighted by molar-refractivity contribution is -0.134. The van der Waals surface area contributed by atoms with Gasteiger partial charge in [-0.25, -0.2) is 0 Å². The van der Waals surface area contributed by atoms with E-state index in [0.29, 0.717) is 30.4 Å². The largest absolute Gasteiger partial charge is 0.426 e. The Morgan fingerprint density at radius 1 is 1.00 bits per heavy atom. The molecule has 0 heterocycles. The average Bonchev–Trinajstić information content (AvgIpc) is 2.59. The predicted octanol–water partition coefficient (Wildman–Crippen LogP) is 2.61. The van der Waals surface area contributed by atoms with Gasteiger partial charge >= 0.3 is 5.97 Å². The molecule has 0 aliphatic rings. The first-order chi connectivity index (χ1) is 11.2. The van der Waals surface area contributed by atoms with Crippen molar-refractivity contribution in [1.29, 1.82) is 0 Å². The minimum Gasteiger partial charge on any atom is -0.426 e. The van der Waals surface area contributed by atoms with Gasteiger partial charge in [-0.2, -0.15) is 0 Å². The van der Waals surface area contributed by atoms with Gasteiger partial charge in [0, 0.05) is 18.5 Å². The summed E-state index contributed by atoms with van der Waals surface area (Å²) in [5, 5.41) is 2.74. The smallest absolute Gasteiger partial charge is 0.311 e. The van der Waals surface area contributed by atoms with Crippen LogP contribution in [-0.4, -0.2) is 24.7 Å². The zero-order valence-electron chi connectivity index (χ0n) is 12.5. The van der Waals surface area contributed by atoms with Crippen LogP contribution in [0.4, 0.5) is 0 Å². The second-order valence-corrected chi connectivity index (χ2v) is 4.86. The molecule has 0 spiro atoms. The van der Waals surface area contributed by atoms with Gasteiger partial charge in [0.2, 0.25) is 0 Å². The number of esters is 1. The van der Waals surface area contributed by atoms with Gasteiger partial charge < -0.3 is 10.1 Å². The zero-order chi connectivity index (χ0) is 16.5. The molecule has 0 saturated heterocycles. The second-order valence-electron chi connectivity index (χ2n) is 4.86. The maximum Gasteiger partial charge on any atom is 0.311 e. The van der Waals surface area contributed by atoms with E-state index in [1.807, 2.05) is 6.07 Å². The Kier molecular flexibility index (Phi) is 6.06. The number of aldehydes is 1. The van der Waals surface area contributed by atoms with E-state index in [4.69, 9.17) is 4.74 Å². The van der Waals surface area contributed by atoms with E-state index >= 15 is 0 Å². The van der Waals surface area contributed by atoms with Crippen molar-refractivity contribution in [2.75, 3.05) is 6.54 Å². The van der Waals surface area contributed by atoms with Crippen LogP contribution in [0.15, 0.2) is 54.6 Å². The minimum atomic E-state index is -0.437. The van der Waals surface area contributed by atoms with Crippen LogP contribution in [0.5, 0.6) is 5.75 Å². The van der Waals surface area contributed by atoms with E-state index < -0.39 is 5.97 Å². The van der Waals surface area contributed by atoms with Crippen LogP contribution < -0.4 is 10.1 Å². The number of carbonyl (C=O) groups excluding carboxylic acids is 3. The molecule has 1 N–H and O–H groups in total. The summed E-state index contributed by atoms with van der Waals surface area (Å²) in [6, 6.07) is 15.4. The predicted molar refractivity (Wildman–Crippen MR) is 85.5 cm³/mol. The summed E-state index contributed by atoms with van der Waals surface area (Å²) >= 11 is 0. The molecule has 2 rings (SSSR count). The molecule has 2 aromatic carbocycles. The fourth-order valence-corrected chi connectivity index (χ4v) is 1.97. The molecule has 0 radical (unpaired) electrons. The molecule has 0 aromatic heterocycles. The number of ether oxygens (including phenoxy) is 1. The summed E-state index contributed by atoms with van der Waals surface area (Å²) in [6.45, 7) is 0.373. The number of rotatable bonds is 7. The number of carbonyl (C=O) groups is 3. The van der Waals surface area contributed by atoms with Crippen LogP contribution >= 0.6 is 0 Å². The molecule has 0 atom stereocenters.